The number of halogens is 2. The van der Waals surface area contributed by atoms with Gasteiger partial charge in [-0.2, -0.15) is 0 Å². The first kappa shape index (κ1) is 22.5. The van der Waals surface area contributed by atoms with E-state index in [2.05, 4.69) is 9.97 Å². The lowest BCUT2D eigenvalue weighted by Crippen LogP contribution is -2.61. The molecule has 32 heavy (non-hydrogen) atoms. The molecule has 0 spiro atoms. The molecule has 4 rings (SSSR count). The van der Waals surface area contributed by atoms with Crippen LogP contribution in [0.3, 0.4) is 0 Å². The molecule has 2 heterocycles. The van der Waals surface area contributed by atoms with Gasteiger partial charge in [-0.05, 0) is 36.4 Å². The highest BCUT2D eigenvalue weighted by Crippen LogP contribution is 2.33. The van der Waals surface area contributed by atoms with Gasteiger partial charge in [-0.15, -0.1) is 0 Å². The summed E-state index contributed by atoms with van der Waals surface area (Å²) in [6, 6.07) is 8.88. The molecular formula is C20H16Cl2N2O8. The van der Waals surface area contributed by atoms with Crippen molar-refractivity contribution in [2.45, 2.75) is 30.7 Å². The van der Waals surface area contributed by atoms with E-state index in [-0.39, 0.29) is 27.5 Å². The van der Waals surface area contributed by atoms with Gasteiger partial charge in [0.1, 0.15) is 29.9 Å². The molecule has 1 saturated heterocycles. The van der Waals surface area contributed by atoms with E-state index in [1.165, 1.54) is 24.3 Å². The second-order valence-electron chi connectivity index (χ2n) is 7.07. The lowest BCUT2D eigenvalue weighted by atomic mass is 9.99. The van der Waals surface area contributed by atoms with Gasteiger partial charge < -0.3 is 34.9 Å². The Morgan fingerprint density at radius 2 is 1.72 bits per heavy atom. The number of nitrogens with one attached hydrogen (secondary N) is 1. The molecule has 0 bridgehead atoms. The van der Waals surface area contributed by atoms with Crippen LogP contribution in [0.2, 0.25) is 10.0 Å². The van der Waals surface area contributed by atoms with Crippen LogP contribution in [-0.4, -0.2) is 67.1 Å². The first-order chi connectivity index (χ1) is 15.2. The van der Waals surface area contributed by atoms with Crippen molar-refractivity contribution in [2.75, 3.05) is 0 Å². The van der Waals surface area contributed by atoms with Crippen molar-refractivity contribution in [1.82, 2.24) is 9.97 Å². The second kappa shape index (κ2) is 8.66. The number of carboxylic acid groups (broad SMARTS) is 1. The first-order valence-corrected chi connectivity index (χ1v) is 10.00. The second-order valence-corrected chi connectivity index (χ2v) is 7.94. The predicted octanol–water partition coefficient (Wildman–Crippen LogP) is 1.17. The number of carbonyl (C=O) groups is 1. The van der Waals surface area contributed by atoms with Gasteiger partial charge in [-0.1, -0.05) is 23.2 Å². The van der Waals surface area contributed by atoms with Crippen LogP contribution in [0.25, 0.3) is 22.3 Å². The number of hydrogen-bond donors (Lipinski definition) is 5. The Bertz CT molecular complexity index is 1250. The SMILES string of the molecule is O=C(O)C1O[C@@H](Oc2ccc(Cl)cc2-c2nc3ccc(Cl)cc3c(=O)[nH]2)C(O)C(O)[C@@H]1O. The maximum Gasteiger partial charge on any atom is 0.335 e. The minimum absolute atomic E-state index is 0.0163. The topological polar surface area (TPSA) is 162 Å². The zero-order valence-electron chi connectivity index (χ0n) is 16.0. The summed E-state index contributed by atoms with van der Waals surface area (Å²) in [6.45, 7) is 0. The molecule has 1 aromatic heterocycles. The van der Waals surface area contributed by atoms with E-state index in [4.69, 9.17) is 32.7 Å². The van der Waals surface area contributed by atoms with E-state index < -0.39 is 42.2 Å². The van der Waals surface area contributed by atoms with Crippen LogP contribution < -0.4 is 10.3 Å². The molecule has 2 aromatic carbocycles. The lowest BCUT2D eigenvalue weighted by Gasteiger charge is -2.38. The standard InChI is InChI=1S/C20H16Cl2N2O8/c21-7-1-3-11-9(5-7)18(28)24-17(23-11)10-6-8(22)2-4-12(10)31-20-15(27)13(25)14(26)16(32-20)19(29)30/h1-6,13-16,20,25-27H,(H,29,30)(H,23,24,28)/t13?,14-,15?,16?,20+/m0/s1. The van der Waals surface area contributed by atoms with Gasteiger partial charge in [0.2, 0.25) is 6.29 Å². The number of aromatic nitrogens is 2. The molecule has 3 aromatic rings. The summed E-state index contributed by atoms with van der Waals surface area (Å²) in [5, 5.41) is 40.2. The predicted molar refractivity (Wildman–Crippen MR) is 113 cm³/mol. The van der Waals surface area contributed by atoms with Crippen molar-refractivity contribution in [2.24, 2.45) is 0 Å². The average molecular weight is 483 g/mol. The van der Waals surface area contributed by atoms with Gasteiger partial charge in [-0.25, -0.2) is 9.78 Å². The van der Waals surface area contributed by atoms with E-state index in [9.17, 15) is 30.0 Å². The van der Waals surface area contributed by atoms with Crippen LogP contribution in [0, 0.1) is 0 Å². The number of rotatable bonds is 4. The Labute approximate surface area is 189 Å². The van der Waals surface area contributed by atoms with Gasteiger partial charge in [0.15, 0.2) is 6.10 Å². The Kier molecular flexibility index (Phi) is 6.08. The summed E-state index contributed by atoms with van der Waals surface area (Å²) in [6.07, 6.45) is -8.96. The zero-order chi connectivity index (χ0) is 23.2. The van der Waals surface area contributed by atoms with Crippen molar-refractivity contribution >= 4 is 40.1 Å². The maximum absolute atomic E-state index is 12.5. The molecule has 12 heteroatoms. The average Bonchev–Trinajstić information content (AvgIpc) is 2.75. The first-order valence-electron chi connectivity index (χ1n) is 9.24. The number of ether oxygens (including phenoxy) is 2. The smallest absolute Gasteiger partial charge is 0.335 e. The summed E-state index contributed by atoms with van der Waals surface area (Å²) < 4.78 is 10.8. The fourth-order valence-electron chi connectivity index (χ4n) is 3.30. The van der Waals surface area contributed by atoms with Gasteiger partial charge in [0.05, 0.1) is 16.5 Å². The lowest BCUT2D eigenvalue weighted by molar-refractivity contribution is -0.271. The third kappa shape index (κ3) is 4.16. The van der Waals surface area contributed by atoms with Crippen LogP contribution in [0.5, 0.6) is 5.75 Å². The van der Waals surface area contributed by atoms with E-state index in [1.54, 1.807) is 12.1 Å². The largest absolute Gasteiger partial charge is 0.479 e. The van der Waals surface area contributed by atoms with Crippen LogP contribution in [-0.2, 0) is 9.53 Å². The molecule has 0 aliphatic carbocycles. The number of fused-ring (bicyclic) bond motifs is 1. The molecule has 0 saturated carbocycles. The molecule has 0 amide bonds. The molecule has 168 valence electrons. The Balaban J connectivity index is 1.75. The molecule has 0 radical (unpaired) electrons. The minimum Gasteiger partial charge on any atom is -0.479 e. The fraction of sp³-hybridized carbons (Fsp3) is 0.250. The number of aromatic amines is 1. The van der Waals surface area contributed by atoms with Crippen LogP contribution >= 0.6 is 23.2 Å². The summed E-state index contributed by atoms with van der Waals surface area (Å²) >= 11 is 12.0. The van der Waals surface area contributed by atoms with Crippen molar-refractivity contribution in [1.29, 1.82) is 0 Å². The highest BCUT2D eigenvalue weighted by atomic mass is 35.5. The number of aliphatic hydroxyl groups is 3. The summed E-state index contributed by atoms with van der Waals surface area (Å²) in [4.78, 5) is 30.9. The van der Waals surface area contributed by atoms with Gasteiger partial charge in [-0.3, -0.25) is 4.79 Å². The molecule has 5 N–H and O–H groups in total. The summed E-state index contributed by atoms with van der Waals surface area (Å²) in [7, 11) is 0. The van der Waals surface area contributed by atoms with Gasteiger partial charge in [0.25, 0.3) is 5.56 Å². The van der Waals surface area contributed by atoms with Gasteiger partial charge in [0, 0.05) is 10.0 Å². The van der Waals surface area contributed by atoms with E-state index in [1.807, 2.05) is 0 Å². The van der Waals surface area contributed by atoms with Gasteiger partial charge >= 0.3 is 5.97 Å². The van der Waals surface area contributed by atoms with E-state index >= 15 is 0 Å². The molecule has 1 aliphatic heterocycles. The number of aliphatic carboxylic acids is 1. The normalized spacial score (nSPS) is 25.6. The van der Waals surface area contributed by atoms with E-state index in [0.717, 1.165) is 0 Å². The maximum atomic E-state index is 12.5. The van der Waals surface area contributed by atoms with Crippen molar-refractivity contribution in [3.8, 4) is 17.1 Å². The quantitative estimate of drug-likeness (QED) is 0.367. The van der Waals surface area contributed by atoms with Crippen molar-refractivity contribution in [3.05, 3.63) is 56.8 Å². The third-order valence-electron chi connectivity index (χ3n) is 4.92. The van der Waals surface area contributed by atoms with Crippen molar-refractivity contribution in [3.63, 3.8) is 0 Å². The zero-order valence-corrected chi connectivity index (χ0v) is 17.5. The van der Waals surface area contributed by atoms with Crippen LogP contribution in [0.1, 0.15) is 0 Å². The Hall–Kier alpha value is -2.73. The van der Waals surface area contributed by atoms with Crippen LogP contribution in [0.15, 0.2) is 41.2 Å². The molecule has 5 atom stereocenters. The highest BCUT2D eigenvalue weighted by molar-refractivity contribution is 6.31. The molecule has 1 fully saturated rings. The number of aliphatic hydroxyl groups excluding tert-OH is 3. The Morgan fingerprint density at radius 3 is 2.44 bits per heavy atom. The highest BCUT2D eigenvalue weighted by Gasteiger charge is 2.48. The third-order valence-corrected chi connectivity index (χ3v) is 5.39. The molecule has 10 nitrogen and oxygen atoms in total. The van der Waals surface area contributed by atoms with Crippen LogP contribution in [0.4, 0.5) is 0 Å². The molecule has 1 aliphatic rings. The Morgan fingerprint density at radius 1 is 1.03 bits per heavy atom. The molecule has 3 unspecified atom stereocenters. The fourth-order valence-corrected chi connectivity index (χ4v) is 3.65. The summed E-state index contributed by atoms with van der Waals surface area (Å²) in [5.74, 6) is -1.46. The minimum atomic E-state index is -1.86. The number of benzene rings is 2. The number of hydrogen-bond acceptors (Lipinski definition) is 8. The monoisotopic (exact) mass is 482 g/mol. The number of H-pyrrole nitrogens is 1. The van der Waals surface area contributed by atoms with E-state index in [0.29, 0.717) is 10.5 Å². The number of nitrogens with zero attached hydrogens (tertiary/aromatic N) is 1. The molecular weight excluding hydrogens is 467 g/mol. The number of carboxylic acids is 1. The summed E-state index contributed by atoms with van der Waals surface area (Å²) in [5.41, 5.74) is 0.0733. The van der Waals surface area contributed by atoms with Crippen molar-refractivity contribution < 1.29 is 34.7 Å².